The number of sulfonamides is 1. The summed E-state index contributed by atoms with van der Waals surface area (Å²) in [4.78, 5) is 11.5. The molecule has 0 saturated heterocycles. The summed E-state index contributed by atoms with van der Waals surface area (Å²) in [6.45, 7) is 0.850. The van der Waals surface area contributed by atoms with Gasteiger partial charge in [-0.3, -0.25) is 4.79 Å². The molecule has 1 aliphatic heterocycles. The van der Waals surface area contributed by atoms with Crippen molar-refractivity contribution in [3.05, 3.63) is 23.8 Å². The van der Waals surface area contributed by atoms with Crippen LogP contribution in [0.2, 0.25) is 0 Å². The van der Waals surface area contributed by atoms with Gasteiger partial charge in [-0.05, 0) is 36.6 Å². The van der Waals surface area contributed by atoms with Gasteiger partial charge in [-0.25, -0.2) is 13.1 Å². The molecule has 0 fully saturated rings. The van der Waals surface area contributed by atoms with Crippen molar-refractivity contribution in [1.29, 1.82) is 0 Å². The van der Waals surface area contributed by atoms with E-state index in [0.29, 0.717) is 38.1 Å². The number of aryl methyl sites for hydroxylation is 1. The molecule has 0 spiro atoms. The SMILES string of the molecule is COCCCNS(=O)(=O)c1ccc2c(c1)CCC(=O)N2. The molecule has 1 aromatic carbocycles. The number of anilines is 1. The van der Waals surface area contributed by atoms with Gasteiger partial charge in [0, 0.05) is 32.4 Å². The number of hydrogen-bond donors (Lipinski definition) is 2. The Morgan fingerprint density at radius 1 is 1.35 bits per heavy atom. The van der Waals surface area contributed by atoms with Gasteiger partial charge in [0.2, 0.25) is 15.9 Å². The van der Waals surface area contributed by atoms with E-state index in [2.05, 4.69) is 10.0 Å². The number of carbonyl (C=O) groups is 1. The first-order valence-corrected chi connectivity index (χ1v) is 7.92. The van der Waals surface area contributed by atoms with Crippen molar-refractivity contribution >= 4 is 21.6 Å². The number of benzene rings is 1. The van der Waals surface area contributed by atoms with E-state index in [1.165, 1.54) is 6.07 Å². The topological polar surface area (TPSA) is 84.5 Å². The average Bonchev–Trinajstić information content (AvgIpc) is 2.43. The molecule has 0 aliphatic carbocycles. The normalized spacial score (nSPS) is 14.8. The van der Waals surface area contributed by atoms with Crippen LogP contribution in [0.5, 0.6) is 0 Å². The Kier molecular flexibility index (Phi) is 4.74. The first kappa shape index (κ1) is 15.0. The number of methoxy groups -OCH3 is 1. The number of amides is 1. The Morgan fingerprint density at radius 3 is 2.90 bits per heavy atom. The lowest BCUT2D eigenvalue weighted by Gasteiger charge is -2.17. The van der Waals surface area contributed by atoms with Crippen LogP contribution in [-0.2, 0) is 26.0 Å². The zero-order valence-corrected chi connectivity index (χ0v) is 12.1. The number of fused-ring (bicyclic) bond motifs is 1. The number of ether oxygens (including phenoxy) is 1. The Morgan fingerprint density at radius 2 is 2.15 bits per heavy atom. The van der Waals surface area contributed by atoms with Gasteiger partial charge in [-0.2, -0.15) is 0 Å². The predicted octanol–water partition coefficient (Wildman–Crippen LogP) is 0.886. The zero-order valence-electron chi connectivity index (χ0n) is 11.3. The van der Waals surface area contributed by atoms with Crippen LogP contribution in [-0.4, -0.2) is 34.6 Å². The molecule has 0 aromatic heterocycles. The van der Waals surface area contributed by atoms with Crippen molar-refractivity contribution in [2.75, 3.05) is 25.6 Å². The van der Waals surface area contributed by atoms with Crippen LogP contribution in [0.4, 0.5) is 5.69 Å². The maximum absolute atomic E-state index is 12.1. The molecule has 7 heteroatoms. The molecule has 6 nitrogen and oxygen atoms in total. The lowest BCUT2D eigenvalue weighted by molar-refractivity contribution is -0.116. The summed E-state index contributed by atoms with van der Waals surface area (Å²) in [7, 11) is -1.93. The molecule has 1 amide bonds. The van der Waals surface area contributed by atoms with Crippen molar-refractivity contribution in [3.63, 3.8) is 0 Å². The summed E-state index contributed by atoms with van der Waals surface area (Å²) in [6.07, 6.45) is 1.57. The van der Waals surface area contributed by atoms with Gasteiger partial charge in [-0.15, -0.1) is 0 Å². The number of carbonyl (C=O) groups excluding carboxylic acids is 1. The van der Waals surface area contributed by atoms with Crippen LogP contribution in [0.3, 0.4) is 0 Å². The molecule has 2 rings (SSSR count). The van der Waals surface area contributed by atoms with Gasteiger partial charge >= 0.3 is 0 Å². The van der Waals surface area contributed by atoms with Gasteiger partial charge < -0.3 is 10.1 Å². The fourth-order valence-electron chi connectivity index (χ4n) is 2.03. The molecule has 0 atom stereocenters. The minimum absolute atomic E-state index is 0.0363. The van der Waals surface area contributed by atoms with Gasteiger partial charge in [0.05, 0.1) is 4.90 Å². The lowest BCUT2D eigenvalue weighted by Crippen LogP contribution is -2.26. The standard InChI is InChI=1S/C13H18N2O4S/c1-19-8-2-7-14-20(17,18)11-4-5-12-10(9-11)3-6-13(16)15-12/h4-5,9,14H,2-3,6-8H2,1H3,(H,15,16). The summed E-state index contributed by atoms with van der Waals surface area (Å²) >= 11 is 0. The second-order valence-corrected chi connectivity index (χ2v) is 6.38. The molecule has 0 radical (unpaired) electrons. The van der Waals surface area contributed by atoms with E-state index >= 15 is 0 Å². The first-order valence-electron chi connectivity index (χ1n) is 6.44. The third-order valence-corrected chi connectivity index (χ3v) is 4.56. The first-order chi connectivity index (χ1) is 9.53. The maximum atomic E-state index is 12.1. The molecule has 0 saturated carbocycles. The van der Waals surface area contributed by atoms with E-state index in [0.717, 1.165) is 5.56 Å². The van der Waals surface area contributed by atoms with Crippen LogP contribution in [0, 0.1) is 0 Å². The Balaban J connectivity index is 2.10. The molecule has 0 unspecified atom stereocenters. The summed E-state index contributed by atoms with van der Waals surface area (Å²) in [6, 6.07) is 4.76. The van der Waals surface area contributed by atoms with Gasteiger partial charge in [0.15, 0.2) is 0 Å². The van der Waals surface area contributed by atoms with Gasteiger partial charge in [0.1, 0.15) is 0 Å². The molecule has 2 N–H and O–H groups in total. The fourth-order valence-corrected chi connectivity index (χ4v) is 3.16. The Hall–Kier alpha value is -1.44. The minimum atomic E-state index is -3.51. The van der Waals surface area contributed by atoms with E-state index in [-0.39, 0.29) is 10.8 Å². The van der Waals surface area contributed by atoms with Crippen LogP contribution in [0.15, 0.2) is 23.1 Å². The highest BCUT2D eigenvalue weighted by molar-refractivity contribution is 7.89. The lowest BCUT2D eigenvalue weighted by atomic mass is 10.0. The second kappa shape index (κ2) is 6.34. The smallest absolute Gasteiger partial charge is 0.240 e. The summed E-state index contributed by atoms with van der Waals surface area (Å²) < 4.78 is 31.6. The molecular formula is C13H18N2O4S. The number of rotatable bonds is 6. The molecule has 1 aromatic rings. The molecule has 20 heavy (non-hydrogen) atoms. The minimum Gasteiger partial charge on any atom is -0.385 e. The van der Waals surface area contributed by atoms with E-state index in [9.17, 15) is 13.2 Å². The van der Waals surface area contributed by atoms with Crippen LogP contribution in [0.25, 0.3) is 0 Å². The molecular weight excluding hydrogens is 280 g/mol. The third kappa shape index (κ3) is 3.56. The Labute approximate surface area is 118 Å². The summed E-state index contributed by atoms with van der Waals surface area (Å²) in [5.74, 6) is -0.0363. The number of hydrogen-bond acceptors (Lipinski definition) is 4. The monoisotopic (exact) mass is 298 g/mol. The fraction of sp³-hybridized carbons (Fsp3) is 0.462. The van der Waals surface area contributed by atoms with Gasteiger partial charge in [0.25, 0.3) is 0 Å². The van der Waals surface area contributed by atoms with Gasteiger partial charge in [-0.1, -0.05) is 0 Å². The van der Waals surface area contributed by atoms with Crippen molar-refractivity contribution < 1.29 is 17.9 Å². The third-order valence-electron chi connectivity index (χ3n) is 3.10. The molecule has 1 heterocycles. The van der Waals surface area contributed by atoms with Crippen molar-refractivity contribution in [1.82, 2.24) is 4.72 Å². The van der Waals surface area contributed by atoms with Crippen molar-refractivity contribution in [3.8, 4) is 0 Å². The van der Waals surface area contributed by atoms with E-state index in [1.54, 1.807) is 19.2 Å². The van der Waals surface area contributed by atoms with E-state index in [4.69, 9.17) is 4.74 Å². The predicted molar refractivity (Wildman–Crippen MR) is 75.1 cm³/mol. The van der Waals surface area contributed by atoms with Crippen LogP contribution in [0.1, 0.15) is 18.4 Å². The largest absolute Gasteiger partial charge is 0.385 e. The quantitative estimate of drug-likeness (QED) is 0.764. The number of nitrogens with one attached hydrogen (secondary N) is 2. The van der Waals surface area contributed by atoms with Crippen molar-refractivity contribution in [2.45, 2.75) is 24.2 Å². The average molecular weight is 298 g/mol. The van der Waals surface area contributed by atoms with Crippen molar-refractivity contribution in [2.24, 2.45) is 0 Å². The molecule has 0 bridgehead atoms. The zero-order chi connectivity index (χ0) is 14.6. The maximum Gasteiger partial charge on any atom is 0.240 e. The van der Waals surface area contributed by atoms with Crippen LogP contribution < -0.4 is 10.0 Å². The highest BCUT2D eigenvalue weighted by Gasteiger charge is 2.19. The highest BCUT2D eigenvalue weighted by atomic mass is 32.2. The van der Waals surface area contributed by atoms with E-state index in [1.807, 2.05) is 0 Å². The molecule has 1 aliphatic rings. The second-order valence-electron chi connectivity index (χ2n) is 4.61. The van der Waals surface area contributed by atoms with E-state index < -0.39 is 10.0 Å². The highest BCUT2D eigenvalue weighted by Crippen LogP contribution is 2.25. The summed E-state index contributed by atoms with van der Waals surface area (Å²) in [5.41, 5.74) is 1.55. The molecule has 110 valence electrons. The summed E-state index contributed by atoms with van der Waals surface area (Å²) in [5, 5.41) is 2.73. The van der Waals surface area contributed by atoms with Crippen LogP contribution >= 0.6 is 0 Å². The Bertz CT molecular complexity index is 598.